The Labute approximate surface area is 123 Å². The lowest BCUT2D eigenvalue weighted by molar-refractivity contribution is -0.142. The van der Waals surface area contributed by atoms with Gasteiger partial charge in [-0.1, -0.05) is 6.07 Å². The predicted octanol–water partition coefficient (Wildman–Crippen LogP) is 2.22. The zero-order chi connectivity index (χ0) is 14.8. The lowest BCUT2D eigenvalue weighted by atomic mass is 10.0. The number of esters is 1. The van der Waals surface area contributed by atoms with Gasteiger partial charge in [0.25, 0.3) is 0 Å². The highest BCUT2D eigenvalue weighted by Crippen LogP contribution is 2.54. The maximum Gasteiger partial charge on any atom is 0.343 e. The minimum Gasteiger partial charge on any atom is -0.482 e. The van der Waals surface area contributed by atoms with E-state index in [1.807, 2.05) is 6.07 Å². The van der Waals surface area contributed by atoms with Gasteiger partial charge in [0.05, 0.1) is 7.11 Å². The summed E-state index contributed by atoms with van der Waals surface area (Å²) in [6.45, 7) is -0.139. The zero-order valence-electron chi connectivity index (χ0n) is 12.0. The van der Waals surface area contributed by atoms with Crippen LogP contribution in [0.4, 0.5) is 5.69 Å². The molecule has 1 aromatic carbocycles. The summed E-state index contributed by atoms with van der Waals surface area (Å²) in [5, 5.41) is 2.93. The van der Waals surface area contributed by atoms with Gasteiger partial charge in [-0.25, -0.2) is 4.79 Å². The zero-order valence-corrected chi connectivity index (χ0v) is 12.0. The van der Waals surface area contributed by atoms with Crippen molar-refractivity contribution in [3.05, 3.63) is 24.3 Å². The van der Waals surface area contributed by atoms with Gasteiger partial charge in [0.15, 0.2) is 6.61 Å². The first-order valence-electron chi connectivity index (χ1n) is 7.26. The quantitative estimate of drug-likeness (QED) is 0.844. The third kappa shape index (κ3) is 3.35. The lowest BCUT2D eigenvalue weighted by Gasteiger charge is -2.13. The molecule has 2 fully saturated rings. The molecule has 0 bridgehead atoms. The van der Waals surface area contributed by atoms with Crippen LogP contribution in [0, 0.1) is 17.8 Å². The normalized spacial score (nSPS) is 25.9. The Balaban J connectivity index is 1.55. The van der Waals surface area contributed by atoms with Gasteiger partial charge < -0.3 is 14.8 Å². The van der Waals surface area contributed by atoms with E-state index in [1.165, 1.54) is 13.5 Å². The second kappa shape index (κ2) is 5.76. The highest BCUT2D eigenvalue weighted by atomic mass is 16.6. The number of nitrogens with one attached hydrogen (secondary N) is 1. The van der Waals surface area contributed by atoms with E-state index >= 15 is 0 Å². The Morgan fingerprint density at radius 1 is 1.24 bits per heavy atom. The number of methoxy groups -OCH3 is 1. The molecule has 1 aromatic rings. The van der Waals surface area contributed by atoms with Crippen LogP contribution in [0.5, 0.6) is 5.75 Å². The van der Waals surface area contributed by atoms with Crippen LogP contribution in [-0.2, 0) is 14.3 Å². The van der Waals surface area contributed by atoms with Crippen LogP contribution >= 0.6 is 0 Å². The number of rotatable bonds is 5. The van der Waals surface area contributed by atoms with Crippen LogP contribution in [-0.4, -0.2) is 25.6 Å². The average Bonchev–Trinajstić information content (AvgIpc) is 3.11. The van der Waals surface area contributed by atoms with Gasteiger partial charge in [-0.3, -0.25) is 4.79 Å². The minimum atomic E-state index is -0.436. The Morgan fingerprint density at radius 2 is 2.00 bits per heavy atom. The van der Waals surface area contributed by atoms with Crippen LogP contribution in [0.3, 0.4) is 0 Å². The summed E-state index contributed by atoms with van der Waals surface area (Å²) in [7, 11) is 1.31. The molecule has 2 aliphatic rings. The number of benzene rings is 1. The van der Waals surface area contributed by atoms with E-state index in [1.54, 1.807) is 18.2 Å². The van der Waals surface area contributed by atoms with E-state index in [-0.39, 0.29) is 18.4 Å². The van der Waals surface area contributed by atoms with E-state index in [4.69, 9.17) is 4.74 Å². The molecule has 1 amide bonds. The van der Waals surface area contributed by atoms with Crippen molar-refractivity contribution in [2.45, 2.75) is 19.3 Å². The van der Waals surface area contributed by atoms with Crippen LogP contribution in [0.1, 0.15) is 19.3 Å². The third-order valence-corrected chi connectivity index (χ3v) is 4.30. The summed E-state index contributed by atoms with van der Waals surface area (Å²) in [6, 6.07) is 7.06. The molecule has 0 spiro atoms. The predicted molar refractivity (Wildman–Crippen MR) is 76.9 cm³/mol. The van der Waals surface area contributed by atoms with Crippen molar-refractivity contribution >= 4 is 17.6 Å². The summed E-state index contributed by atoms with van der Waals surface area (Å²) in [4.78, 5) is 23.2. The molecule has 0 radical (unpaired) electrons. The molecule has 112 valence electrons. The maximum absolute atomic E-state index is 12.2. The number of hydrogen-bond donors (Lipinski definition) is 1. The number of fused-ring (bicyclic) bond motifs is 1. The number of carbonyl (C=O) groups excluding carboxylic acids is 2. The van der Waals surface area contributed by atoms with Gasteiger partial charge in [0, 0.05) is 17.7 Å². The number of anilines is 1. The van der Waals surface area contributed by atoms with E-state index in [2.05, 4.69) is 10.1 Å². The van der Waals surface area contributed by atoms with E-state index in [9.17, 15) is 9.59 Å². The molecule has 0 aromatic heterocycles. The van der Waals surface area contributed by atoms with Gasteiger partial charge in [-0.05, 0) is 43.2 Å². The molecule has 1 N–H and O–H groups in total. The summed E-state index contributed by atoms with van der Waals surface area (Å²) >= 11 is 0. The van der Waals surface area contributed by atoms with Crippen molar-refractivity contribution < 1.29 is 19.1 Å². The van der Waals surface area contributed by atoms with Crippen molar-refractivity contribution in [2.75, 3.05) is 19.0 Å². The fraction of sp³-hybridized carbons (Fsp3) is 0.500. The Kier molecular flexibility index (Phi) is 3.82. The Bertz CT molecular complexity index is 547. The van der Waals surface area contributed by atoms with Crippen LogP contribution in [0.15, 0.2) is 24.3 Å². The largest absolute Gasteiger partial charge is 0.482 e. The molecular weight excluding hydrogens is 270 g/mol. The molecule has 5 nitrogen and oxygen atoms in total. The highest BCUT2D eigenvalue weighted by Gasteiger charge is 2.47. The standard InChI is InChI=1S/C16H19NO4/c1-20-15(18)9-21-14-4-2-3-13(8-14)17-16(19)12-6-10-5-11(10)7-12/h2-4,8,10-12H,5-7,9H2,1H3,(H,17,19). The van der Waals surface area contributed by atoms with Crippen molar-refractivity contribution in [1.29, 1.82) is 0 Å². The fourth-order valence-corrected chi connectivity index (χ4v) is 3.04. The summed E-state index contributed by atoms with van der Waals surface area (Å²) in [5.74, 6) is 1.91. The number of carbonyl (C=O) groups is 2. The van der Waals surface area contributed by atoms with E-state index < -0.39 is 5.97 Å². The Morgan fingerprint density at radius 3 is 2.71 bits per heavy atom. The van der Waals surface area contributed by atoms with Crippen molar-refractivity contribution in [2.24, 2.45) is 17.8 Å². The fourth-order valence-electron chi connectivity index (χ4n) is 3.04. The van der Waals surface area contributed by atoms with E-state index in [0.29, 0.717) is 11.4 Å². The smallest absolute Gasteiger partial charge is 0.343 e. The molecule has 2 atom stereocenters. The summed E-state index contributed by atoms with van der Waals surface area (Å²) in [5.41, 5.74) is 0.697. The topological polar surface area (TPSA) is 64.6 Å². The van der Waals surface area contributed by atoms with Gasteiger partial charge >= 0.3 is 5.97 Å². The Hall–Kier alpha value is -2.04. The SMILES string of the molecule is COC(=O)COc1cccc(NC(=O)C2CC3CC3C2)c1. The number of hydrogen-bond acceptors (Lipinski definition) is 4. The molecule has 0 saturated heterocycles. The third-order valence-electron chi connectivity index (χ3n) is 4.30. The van der Waals surface area contributed by atoms with Crippen LogP contribution in [0.25, 0.3) is 0 Å². The van der Waals surface area contributed by atoms with Gasteiger partial charge in [-0.2, -0.15) is 0 Å². The summed E-state index contributed by atoms with van der Waals surface area (Å²) in [6.07, 6.45) is 3.35. The van der Waals surface area contributed by atoms with Gasteiger partial charge in [0.2, 0.25) is 5.91 Å². The molecule has 0 aliphatic heterocycles. The first-order valence-corrected chi connectivity index (χ1v) is 7.26. The molecule has 3 rings (SSSR count). The maximum atomic E-state index is 12.2. The van der Waals surface area contributed by atoms with E-state index in [0.717, 1.165) is 24.7 Å². The highest BCUT2D eigenvalue weighted by molar-refractivity contribution is 5.93. The molecule has 2 unspecified atom stereocenters. The van der Waals surface area contributed by atoms with Crippen LogP contribution in [0.2, 0.25) is 0 Å². The minimum absolute atomic E-state index is 0.0901. The van der Waals surface area contributed by atoms with Crippen LogP contribution < -0.4 is 10.1 Å². The van der Waals surface area contributed by atoms with Crippen molar-refractivity contribution in [3.63, 3.8) is 0 Å². The molecule has 21 heavy (non-hydrogen) atoms. The first kappa shape index (κ1) is 13.9. The summed E-state index contributed by atoms with van der Waals surface area (Å²) < 4.78 is 9.82. The molecule has 0 heterocycles. The first-order chi connectivity index (χ1) is 10.2. The van der Waals surface area contributed by atoms with Crippen molar-refractivity contribution in [1.82, 2.24) is 0 Å². The monoisotopic (exact) mass is 289 g/mol. The second-order valence-corrected chi connectivity index (χ2v) is 5.81. The van der Waals surface area contributed by atoms with Crippen molar-refractivity contribution in [3.8, 4) is 5.75 Å². The second-order valence-electron chi connectivity index (χ2n) is 5.81. The van der Waals surface area contributed by atoms with Gasteiger partial charge in [0.1, 0.15) is 5.75 Å². The molecular formula is C16H19NO4. The number of amides is 1. The number of ether oxygens (including phenoxy) is 2. The van der Waals surface area contributed by atoms with Gasteiger partial charge in [-0.15, -0.1) is 0 Å². The molecule has 2 saturated carbocycles. The average molecular weight is 289 g/mol. The molecule has 5 heteroatoms. The molecule has 2 aliphatic carbocycles. The lowest BCUT2D eigenvalue weighted by Crippen LogP contribution is -2.21.